The van der Waals surface area contributed by atoms with Crippen LogP contribution in [0.1, 0.15) is 9.67 Å². The first kappa shape index (κ1) is 16.4. The minimum Gasteiger partial charge on any atom is -0.497 e. The van der Waals surface area contributed by atoms with Gasteiger partial charge in [-0.25, -0.2) is 0 Å². The lowest BCUT2D eigenvalue weighted by atomic mass is 10.2. The maximum absolute atomic E-state index is 12.3. The fourth-order valence-corrected chi connectivity index (χ4v) is 2.84. The van der Waals surface area contributed by atoms with E-state index in [1.807, 2.05) is 11.4 Å². The number of carbonyl (C=O) groups excluding carboxylic acids is 1. The molecule has 3 rings (SSSR count). The Balaban J connectivity index is 1.83. The molecule has 1 aromatic heterocycles. The van der Waals surface area contributed by atoms with Gasteiger partial charge in [0, 0.05) is 5.02 Å². The second-order valence-electron chi connectivity index (χ2n) is 4.85. The summed E-state index contributed by atoms with van der Waals surface area (Å²) in [5, 5.41) is 5.20. The summed E-state index contributed by atoms with van der Waals surface area (Å²) < 4.78 is 11.0. The molecule has 1 amide bonds. The molecule has 6 heteroatoms. The third-order valence-corrected chi connectivity index (χ3v) is 4.33. The zero-order valence-electron chi connectivity index (χ0n) is 12.8. The van der Waals surface area contributed by atoms with Crippen molar-refractivity contribution in [3.05, 3.63) is 69.9 Å². The van der Waals surface area contributed by atoms with Gasteiger partial charge in [-0.15, -0.1) is 11.3 Å². The quantitative estimate of drug-likeness (QED) is 0.658. The molecule has 0 aliphatic carbocycles. The third-order valence-electron chi connectivity index (χ3n) is 3.22. The molecular formula is C18H14ClNO3S. The number of thiophene rings is 1. The summed E-state index contributed by atoms with van der Waals surface area (Å²) in [6.45, 7) is 0. The van der Waals surface area contributed by atoms with Crippen LogP contribution in [0.15, 0.2) is 60.0 Å². The number of ether oxygens (including phenoxy) is 2. The molecule has 0 saturated heterocycles. The zero-order valence-corrected chi connectivity index (χ0v) is 14.4. The Morgan fingerprint density at radius 2 is 1.83 bits per heavy atom. The second kappa shape index (κ2) is 7.38. The number of hydrogen-bond donors (Lipinski definition) is 1. The van der Waals surface area contributed by atoms with E-state index in [1.54, 1.807) is 55.6 Å². The van der Waals surface area contributed by atoms with Gasteiger partial charge in [-0.2, -0.15) is 0 Å². The maximum Gasteiger partial charge on any atom is 0.265 e. The molecule has 0 aliphatic heterocycles. The van der Waals surface area contributed by atoms with E-state index < -0.39 is 0 Å². The van der Waals surface area contributed by atoms with Crippen molar-refractivity contribution in [2.75, 3.05) is 12.4 Å². The molecule has 0 spiro atoms. The number of benzene rings is 2. The summed E-state index contributed by atoms with van der Waals surface area (Å²) in [5.74, 6) is 1.68. The number of halogens is 1. The summed E-state index contributed by atoms with van der Waals surface area (Å²) in [6, 6.07) is 15.9. The Bertz CT molecular complexity index is 832. The van der Waals surface area contributed by atoms with Crippen molar-refractivity contribution in [3.63, 3.8) is 0 Å². The minimum atomic E-state index is -0.202. The van der Waals surface area contributed by atoms with Crippen LogP contribution in [0.5, 0.6) is 17.2 Å². The second-order valence-corrected chi connectivity index (χ2v) is 6.23. The normalized spacial score (nSPS) is 10.2. The Labute approximate surface area is 148 Å². The maximum atomic E-state index is 12.3. The predicted octanol–water partition coefficient (Wildman–Crippen LogP) is 5.45. The molecular weight excluding hydrogens is 346 g/mol. The molecule has 2 aromatic carbocycles. The molecule has 1 N–H and O–H groups in total. The number of hydrogen-bond acceptors (Lipinski definition) is 4. The Morgan fingerprint density at radius 3 is 2.50 bits per heavy atom. The van der Waals surface area contributed by atoms with E-state index in [2.05, 4.69) is 5.32 Å². The fraction of sp³-hybridized carbons (Fsp3) is 0.0556. The third kappa shape index (κ3) is 3.88. The van der Waals surface area contributed by atoms with Crippen LogP contribution in [0, 0.1) is 0 Å². The van der Waals surface area contributed by atoms with Crippen molar-refractivity contribution >= 4 is 34.5 Å². The highest BCUT2D eigenvalue weighted by Gasteiger charge is 2.12. The van der Waals surface area contributed by atoms with Crippen molar-refractivity contribution in [1.82, 2.24) is 0 Å². The molecule has 0 aliphatic rings. The van der Waals surface area contributed by atoms with Crippen molar-refractivity contribution in [1.29, 1.82) is 0 Å². The highest BCUT2D eigenvalue weighted by molar-refractivity contribution is 7.12. The molecule has 0 fully saturated rings. The first-order valence-electron chi connectivity index (χ1n) is 7.12. The van der Waals surface area contributed by atoms with E-state index in [0.29, 0.717) is 27.1 Å². The smallest absolute Gasteiger partial charge is 0.265 e. The van der Waals surface area contributed by atoms with Gasteiger partial charge in [0.2, 0.25) is 0 Å². The average molecular weight is 360 g/mol. The lowest BCUT2D eigenvalue weighted by Gasteiger charge is -2.12. The molecule has 24 heavy (non-hydrogen) atoms. The van der Waals surface area contributed by atoms with Gasteiger partial charge in [0.15, 0.2) is 5.75 Å². The molecule has 0 bridgehead atoms. The summed E-state index contributed by atoms with van der Waals surface area (Å²) in [4.78, 5) is 12.9. The molecule has 0 atom stereocenters. The summed E-state index contributed by atoms with van der Waals surface area (Å²) in [6.07, 6.45) is 0. The summed E-state index contributed by atoms with van der Waals surface area (Å²) in [5.41, 5.74) is 0.511. The molecule has 4 nitrogen and oxygen atoms in total. The van der Waals surface area contributed by atoms with Gasteiger partial charge in [0.05, 0.1) is 17.7 Å². The van der Waals surface area contributed by atoms with Gasteiger partial charge in [-0.3, -0.25) is 4.79 Å². The van der Waals surface area contributed by atoms with Gasteiger partial charge in [0.1, 0.15) is 11.5 Å². The Morgan fingerprint density at radius 1 is 1.08 bits per heavy atom. The van der Waals surface area contributed by atoms with Crippen molar-refractivity contribution in [2.24, 2.45) is 0 Å². The molecule has 1 heterocycles. The van der Waals surface area contributed by atoms with Crippen LogP contribution in [-0.2, 0) is 0 Å². The van der Waals surface area contributed by atoms with E-state index in [9.17, 15) is 4.79 Å². The molecule has 0 saturated carbocycles. The van der Waals surface area contributed by atoms with Crippen molar-refractivity contribution in [3.8, 4) is 17.2 Å². The highest BCUT2D eigenvalue weighted by Crippen LogP contribution is 2.33. The Hall–Kier alpha value is -2.50. The highest BCUT2D eigenvalue weighted by atomic mass is 35.5. The number of nitrogens with one attached hydrogen (secondary N) is 1. The Kier molecular flexibility index (Phi) is 5.03. The topological polar surface area (TPSA) is 47.6 Å². The largest absolute Gasteiger partial charge is 0.497 e. The van der Waals surface area contributed by atoms with E-state index >= 15 is 0 Å². The van der Waals surface area contributed by atoms with Crippen molar-refractivity contribution < 1.29 is 14.3 Å². The van der Waals surface area contributed by atoms with Crippen LogP contribution >= 0.6 is 22.9 Å². The SMILES string of the molecule is COc1ccc(Oc2ccc(Cl)cc2NC(=O)c2cccs2)cc1. The van der Waals surface area contributed by atoms with E-state index in [-0.39, 0.29) is 5.91 Å². The molecule has 0 radical (unpaired) electrons. The van der Waals surface area contributed by atoms with Crippen LogP contribution in [0.25, 0.3) is 0 Å². The monoisotopic (exact) mass is 359 g/mol. The number of carbonyl (C=O) groups is 1. The predicted molar refractivity (Wildman–Crippen MR) is 96.8 cm³/mol. The lowest BCUT2D eigenvalue weighted by molar-refractivity contribution is 0.103. The first-order valence-corrected chi connectivity index (χ1v) is 8.38. The zero-order chi connectivity index (χ0) is 16.9. The van der Waals surface area contributed by atoms with Gasteiger partial charge < -0.3 is 14.8 Å². The molecule has 122 valence electrons. The molecule has 3 aromatic rings. The molecule has 0 unspecified atom stereocenters. The van der Waals surface area contributed by atoms with Crippen molar-refractivity contribution in [2.45, 2.75) is 0 Å². The van der Waals surface area contributed by atoms with Gasteiger partial charge >= 0.3 is 0 Å². The van der Waals surface area contributed by atoms with Crippen LogP contribution in [-0.4, -0.2) is 13.0 Å². The van der Waals surface area contributed by atoms with E-state index in [0.717, 1.165) is 5.75 Å². The lowest BCUT2D eigenvalue weighted by Crippen LogP contribution is -2.10. The van der Waals surface area contributed by atoms with Crippen LogP contribution in [0.3, 0.4) is 0 Å². The van der Waals surface area contributed by atoms with E-state index in [1.165, 1.54) is 11.3 Å². The van der Waals surface area contributed by atoms with Crippen LogP contribution < -0.4 is 14.8 Å². The van der Waals surface area contributed by atoms with E-state index in [4.69, 9.17) is 21.1 Å². The van der Waals surface area contributed by atoms with Gasteiger partial charge in [-0.05, 0) is 53.9 Å². The summed E-state index contributed by atoms with van der Waals surface area (Å²) in [7, 11) is 1.60. The minimum absolute atomic E-state index is 0.202. The van der Waals surface area contributed by atoms with Crippen LogP contribution in [0.4, 0.5) is 5.69 Å². The van der Waals surface area contributed by atoms with Gasteiger partial charge in [0.25, 0.3) is 5.91 Å². The first-order chi connectivity index (χ1) is 11.7. The number of rotatable bonds is 5. The number of methoxy groups -OCH3 is 1. The van der Waals surface area contributed by atoms with Gasteiger partial charge in [-0.1, -0.05) is 17.7 Å². The fourth-order valence-electron chi connectivity index (χ4n) is 2.05. The number of anilines is 1. The average Bonchev–Trinajstić information content (AvgIpc) is 3.13. The number of amides is 1. The standard InChI is InChI=1S/C18H14ClNO3S/c1-22-13-5-7-14(8-6-13)23-16-9-4-12(19)11-15(16)20-18(21)17-3-2-10-24-17/h2-11H,1H3,(H,20,21). The summed E-state index contributed by atoms with van der Waals surface area (Å²) >= 11 is 7.42. The van der Waals surface area contributed by atoms with Crippen LogP contribution in [0.2, 0.25) is 5.02 Å².